The maximum absolute atomic E-state index is 12.9. The van der Waals surface area contributed by atoms with Crippen molar-refractivity contribution in [1.82, 2.24) is 19.8 Å². The zero-order valence-electron chi connectivity index (χ0n) is 17.3. The summed E-state index contributed by atoms with van der Waals surface area (Å²) < 4.78 is 5.82. The molecule has 5 rings (SSSR count). The Bertz CT molecular complexity index is 1060. The smallest absolute Gasteiger partial charge is 0.411 e. The van der Waals surface area contributed by atoms with Crippen LogP contribution in [0.25, 0.3) is 0 Å². The molecule has 4 heterocycles. The van der Waals surface area contributed by atoms with E-state index in [1.165, 1.54) is 0 Å². The van der Waals surface area contributed by atoms with Gasteiger partial charge in [-0.1, -0.05) is 11.6 Å². The third-order valence-electron chi connectivity index (χ3n) is 6.21. The summed E-state index contributed by atoms with van der Waals surface area (Å²) in [6, 6.07) is 6.85. The predicted octanol–water partition coefficient (Wildman–Crippen LogP) is 2.67. The highest BCUT2D eigenvalue weighted by molar-refractivity contribution is 6.31. The number of anilines is 2. The van der Waals surface area contributed by atoms with Gasteiger partial charge in [0, 0.05) is 36.5 Å². The number of urea groups is 1. The number of nitrogens with one attached hydrogen (secondary N) is 1. The molecule has 1 N–H and O–H groups in total. The van der Waals surface area contributed by atoms with E-state index in [4.69, 9.17) is 16.3 Å². The van der Waals surface area contributed by atoms with E-state index in [9.17, 15) is 9.59 Å². The van der Waals surface area contributed by atoms with Crippen LogP contribution in [-0.4, -0.2) is 76.3 Å². The number of carbonyl (C=O) groups is 2. The van der Waals surface area contributed by atoms with E-state index < -0.39 is 5.60 Å². The van der Waals surface area contributed by atoms with Crippen LogP contribution in [0.4, 0.5) is 21.1 Å². The summed E-state index contributed by atoms with van der Waals surface area (Å²) in [5.74, 6) is 1.51. The maximum Gasteiger partial charge on any atom is 0.411 e. The van der Waals surface area contributed by atoms with E-state index in [-0.39, 0.29) is 18.2 Å². The van der Waals surface area contributed by atoms with Gasteiger partial charge in [0.1, 0.15) is 11.6 Å². The van der Waals surface area contributed by atoms with E-state index >= 15 is 0 Å². The molecule has 10 heteroatoms. The van der Waals surface area contributed by atoms with Crippen LogP contribution in [0.5, 0.6) is 0 Å². The number of hydrogen-bond donors (Lipinski definition) is 1. The Morgan fingerprint density at radius 2 is 2.06 bits per heavy atom. The Morgan fingerprint density at radius 3 is 2.81 bits per heavy atom. The molecule has 0 saturated carbocycles. The quantitative estimate of drug-likeness (QED) is 0.768. The van der Waals surface area contributed by atoms with Crippen LogP contribution in [0.1, 0.15) is 11.4 Å². The Hall–Kier alpha value is -3.07. The van der Waals surface area contributed by atoms with Gasteiger partial charge in [0.15, 0.2) is 5.60 Å². The Morgan fingerprint density at radius 1 is 1.26 bits per heavy atom. The standard InChI is InChI=1S/C21H23ClN6O3/c1-13-9-15(3-4-16(13)22)25-19(29)26-7-8-28-17(10-26)21(31-20(28)30)11-27(12-21)18-5-6-23-14(2)24-18/h3-6,9,17H,7-8,10-12H2,1-2H3,(H,25,29). The first-order valence-electron chi connectivity index (χ1n) is 10.2. The van der Waals surface area contributed by atoms with Crippen molar-refractivity contribution in [1.29, 1.82) is 0 Å². The average molecular weight is 443 g/mol. The molecule has 3 amide bonds. The number of ether oxygens (including phenoxy) is 1. The zero-order valence-corrected chi connectivity index (χ0v) is 18.1. The highest BCUT2D eigenvalue weighted by atomic mass is 35.5. The van der Waals surface area contributed by atoms with Gasteiger partial charge in [-0.2, -0.15) is 0 Å². The first-order valence-corrected chi connectivity index (χ1v) is 10.6. The summed E-state index contributed by atoms with van der Waals surface area (Å²) >= 11 is 6.07. The van der Waals surface area contributed by atoms with Gasteiger partial charge in [0.05, 0.1) is 19.1 Å². The van der Waals surface area contributed by atoms with Crippen LogP contribution >= 0.6 is 11.6 Å². The zero-order chi connectivity index (χ0) is 21.8. The molecule has 0 bridgehead atoms. The van der Waals surface area contributed by atoms with Crippen molar-refractivity contribution in [3.05, 3.63) is 46.9 Å². The van der Waals surface area contributed by atoms with E-state index in [1.807, 2.05) is 26.0 Å². The monoisotopic (exact) mass is 442 g/mol. The van der Waals surface area contributed by atoms with E-state index in [0.29, 0.717) is 49.3 Å². The number of amides is 3. The summed E-state index contributed by atoms with van der Waals surface area (Å²) in [5.41, 5.74) is 0.954. The molecule has 0 aliphatic carbocycles. The summed E-state index contributed by atoms with van der Waals surface area (Å²) in [7, 11) is 0. The Kier molecular flexibility index (Phi) is 4.65. The first kappa shape index (κ1) is 19.9. The van der Waals surface area contributed by atoms with Crippen molar-refractivity contribution in [2.45, 2.75) is 25.5 Å². The van der Waals surface area contributed by atoms with Gasteiger partial charge in [0.2, 0.25) is 0 Å². The number of halogens is 1. The topological polar surface area (TPSA) is 90.9 Å². The molecule has 3 fully saturated rings. The van der Waals surface area contributed by atoms with E-state index in [0.717, 1.165) is 11.4 Å². The van der Waals surface area contributed by atoms with E-state index in [2.05, 4.69) is 20.2 Å². The fourth-order valence-electron chi connectivity index (χ4n) is 4.52. The van der Waals surface area contributed by atoms with Gasteiger partial charge >= 0.3 is 12.1 Å². The molecule has 1 aromatic carbocycles. The molecule has 1 spiro atoms. The van der Waals surface area contributed by atoms with Gasteiger partial charge in [-0.25, -0.2) is 19.6 Å². The molecule has 1 aromatic heterocycles. The van der Waals surface area contributed by atoms with Crippen LogP contribution in [-0.2, 0) is 4.74 Å². The number of hydrogen-bond acceptors (Lipinski definition) is 6. The number of piperazine rings is 1. The molecule has 0 radical (unpaired) electrons. The van der Waals surface area contributed by atoms with Crippen molar-refractivity contribution in [2.24, 2.45) is 0 Å². The molecule has 1 atom stereocenters. The maximum atomic E-state index is 12.9. The summed E-state index contributed by atoms with van der Waals surface area (Å²) in [4.78, 5) is 39.5. The van der Waals surface area contributed by atoms with Crippen LogP contribution in [0.3, 0.4) is 0 Å². The largest absolute Gasteiger partial charge is 0.437 e. The van der Waals surface area contributed by atoms with Gasteiger partial charge in [-0.05, 0) is 43.7 Å². The van der Waals surface area contributed by atoms with Gasteiger partial charge in [-0.15, -0.1) is 0 Å². The summed E-state index contributed by atoms with van der Waals surface area (Å²) in [6.45, 7) is 6.14. The van der Waals surface area contributed by atoms with Crippen molar-refractivity contribution in [3.63, 3.8) is 0 Å². The molecule has 162 valence electrons. The molecule has 3 aliphatic heterocycles. The van der Waals surface area contributed by atoms with Crippen LogP contribution < -0.4 is 10.2 Å². The minimum Gasteiger partial charge on any atom is -0.437 e. The second-order valence-corrected chi connectivity index (χ2v) is 8.71. The number of nitrogens with zero attached hydrogens (tertiary/aromatic N) is 5. The van der Waals surface area contributed by atoms with Crippen LogP contribution in [0, 0.1) is 13.8 Å². The molecule has 31 heavy (non-hydrogen) atoms. The fourth-order valence-corrected chi connectivity index (χ4v) is 4.64. The number of rotatable bonds is 2. The van der Waals surface area contributed by atoms with Gasteiger partial charge < -0.3 is 19.9 Å². The minimum atomic E-state index is -0.633. The summed E-state index contributed by atoms with van der Waals surface area (Å²) in [6.07, 6.45) is 1.41. The lowest BCUT2D eigenvalue weighted by Crippen LogP contribution is -2.71. The first-order chi connectivity index (χ1) is 14.8. The van der Waals surface area contributed by atoms with Crippen LogP contribution in [0.15, 0.2) is 30.5 Å². The minimum absolute atomic E-state index is 0.189. The Balaban J connectivity index is 1.28. The normalized spacial score (nSPS) is 21.6. The lowest BCUT2D eigenvalue weighted by Gasteiger charge is -2.51. The highest BCUT2D eigenvalue weighted by Crippen LogP contribution is 2.41. The number of fused-ring (bicyclic) bond motifs is 2. The number of carbonyl (C=O) groups excluding carboxylic acids is 2. The lowest BCUT2D eigenvalue weighted by molar-refractivity contribution is -0.00308. The molecule has 3 aliphatic rings. The van der Waals surface area contributed by atoms with Crippen LogP contribution in [0.2, 0.25) is 5.02 Å². The van der Waals surface area contributed by atoms with Crippen molar-refractivity contribution in [3.8, 4) is 0 Å². The third kappa shape index (κ3) is 3.42. The third-order valence-corrected chi connectivity index (χ3v) is 6.64. The predicted molar refractivity (Wildman–Crippen MR) is 115 cm³/mol. The average Bonchev–Trinajstić information content (AvgIpc) is 3.02. The SMILES string of the molecule is Cc1nccc(N2CC3(C2)OC(=O)N2CCN(C(=O)Nc4ccc(Cl)c(C)c4)CC23)n1. The fraction of sp³-hybridized carbons (Fsp3) is 0.429. The molecule has 9 nitrogen and oxygen atoms in total. The summed E-state index contributed by atoms with van der Waals surface area (Å²) in [5, 5.41) is 3.59. The lowest BCUT2D eigenvalue weighted by atomic mass is 9.84. The molecular formula is C21H23ClN6O3. The van der Waals surface area contributed by atoms with Crippen molar-refractivity contribution >= 4 is 35.2 Å². The van der Waals surface area contributed by atoms with Gasteiger partial charge in [0.25, 0.3) is 0 Å². The second-order valence-electron chi connectivity index (χ2n) is 8.30. The number of aryl methyl sites for hydroxylation is 2. The van der Waals surface area contributed by atoms with E-state index in [1.54, 1.807) is 28.1 Å². The number of benzene rings is 1. The molecule has 3 saturated heterocycles. The van der Waals surface area contributed by atoms with Crippen molar-refractivity contribution < 1.29 is 14.3 Å². The molecule has 2 aromatic rings. The number of aromatic nitrogens is 2. The highest BCUT2D eigenvalue weighted by Gasteiger charge is 2.62. The van der Waals surface area contributed by atoms with Gasteiger partial charge in [-0.3, -0.25) is 4.90 Å². The Labute approximate surface area is 184 Å². The molecular weight excluding hydrogens is 420 g/mol. The second kappa shape index (κ2) is 7.26. The van der Waals surface area contributed by atoms with Crippen molar-refractivity contribution in [2.75, 3.05) is 42.9 Å². The molecule has 1 unspecified atom stereocenters.